The molecule has 8 nitrogen and oxygen atoms in total. The predicted molar refractivity (Wildman–Crippen MR) is 179 cm³/mol. The van der Waals surface area contributed by atoms with Gasteiger partial charge in [0.15, 0.2) is 0 Å². The van der Waals surface area contributed by atoms with Gasteiger partial charge in [-0.3, -0.25) is 4.79 Å². The number of morpholine rings is 1. The zero-order valence-electron chi connectivity index (χ0n) is 25.2. The lowest BCUT2D eigenvalue weighted by Gasteiger charge is -2.31. The smallest absolute Gasteiger partial charge is 0.407 e. The number of alkyl carbamates (subject to hydrolysis) is 1. The van der Waals surface area contributed by atoms with Crippen molar-refractivity contribution in [1.82, 2.24) is 10.6 Å². The summed E-state index contributed by atoms with van der Waals surface area (Å²) in [6.07, 6.45) is 0.699. The van der Waals surface area contributed by atoms with Gasteiger partial charge in [0, 0.05) is 29.2 Å². The molecule has 2 amide bonds. The first-order valence-corrected chi connectivity index (χ1v) is 15.9. The van der Waals surface area contributed by atoms with Gasteiger partial charge in [0.25, 0.3) is 0 Å². The number of benzene rings is 4. The molecule has 3 atom stereocenters. The number of carbonyl (C=O) groups is 2. The van der Waals surface area contributed by atoms with E-state index in [2.05, 4.69) is 31.9 Å². The number of halogens is 1. The zero-order valence-corrected chi connectivity index (χ0v) is 26.7. The molecule has 1 aliphatic rings. The van der Waals surface area contributed by atoms with Gasteiger partial charge in [-0.15, -0.1) is 0 Å². The van der Waals surface area contributed by atoms with Crippen LogP contribution in [0.15, 0.2) is 114 Å². The number of aryl methyl sites for hydroxylation is 1. The molecule has 234 valence electrons. The summed E-state index contributed by atoms with van der Waals surface area (Å²) in [5, 5.41) is 9.37. The minimum Gasteiger partial charge on any atom is -0.491 e. The van der Waals surface area contributed by atoms with Crippen molar-refractivity contribution in [1.29, 1.82) is 0 Å². The summed E-state index contributed by atoms with van der Waals surface area (Å²) < 4.78 is 18.2. The second-order valence-electron chi connectivity index (χ2n) is 10.9. The molecule has 4 aromatic rings. The summed E-state index contributed by atoms with van der Waals surface area (Å²) in [4.78, 5) is 26.5. The molecule has 5 rings (SSSR count). The van der Waals surface area contributed by atoms with Crippen LogP contribution in [-0.2, 0) is 20.7 Å². The van der Waals surface area contributed by atoms with Crippen molar-refractivity contribution < 1.29 is 23.8 Å². The highest BCUT2D eigenvalue weighted by atomic mass is 79.9. The first kappa shape index (κ1) is 32.2. The summed E-state index contributed by atoms with van der Waals surface area (Å²) in [5.41, 5.74) is 3.47. The third-order valence-electron chi connectivity index (χ3n) is 7.78. The van der Waals surface area contributed by atoms with Crippen LogP contribution in [0.1, 0.15) is 29.0 Å². The largest absolute Gasteiger partial charge is 0.491 e. The monoisotopic (exact) mass is 671 g/mol. The van der Waals surface area contributed by atoms with Gasteiger partial charge in [-0.1, -0.05) is 94.8 Å². The maximum absolute atomic E-state index is 14.0. The van der Waals surface area contributed by atoms with Gasteiger partial charge < -0.3 is 30.2 Å². The van der Waals surface area contributed by atoms with Crippen molar-refractivity contribution in [3.8, 4) is 5.75 Å². The Morgan fingerprint density at radius 1 is 0.867 bits per heavy atom. The molecule has 0 aliphatic carbocycles. The number of rotatable bonds is 12. The molecule has 1 saturated heterocycles. The fourth-order valence-electron chi connectivity index (χ4n) is 5.53. The van der Waals surface area contributed by atoms with Gasteiger partial charge in [0.1, 0.15) is 24.5 Å². The summed E-state index contributed by atoms with van der Waals surface area (Å²) >= 11 is 3.45. The van der Waals surface area contributed by atoms with E-state index in [1.807, 2.05) is 109 Å². The van der Waals surface area contributed by atoms with Crippen LogP contribution in [0, 0.1) is 0 Å². The number of hydrogen-bond acceptors (Lipinski definition) is 6. The summed E-state index contributed by atoms with van der Waals surface area (Å²) in [5.74, 6) is 0.0126. The molecule has 4 aromatic carbocycles. The fraction of sp³-hybridized carbons (Fsp3) is 0.278. The SMILES string of the molecule is COC(=O)NC(C(=O)Nc1ccccc1CC[C@@H]1CNC[C@@H](COc2ccc(Br)cc2)O1)C(c1ccccc1)c1ccccc1. The van der Waals surface area contributed by atoms with Gasteiger partial charge in [-0.05, 0) is 59.9 Å². The van der Waals surface area contributed by atoms with Gasteiger partial charge in [-0.25, -0.2) is 4.79 Å². The van der Waals surface area contributed by atoms with E-state index < -0.39 is 18.1 Å². The average molecular weight is 673 g/mol. The molecule has 0 spiro atoms. The van der Waals surface area contributed by atoms with Crippen LogP contribution in [0.5, 0.6) is 5.75 Å². The Kier molecular flexibility index (Phi) is 11.6. The van der Waals surface area contributed by atoms with Crippen LogP contribution in [0.2, 0.25) is 0 Å². The maximum atomic E-state index is 14.0. The number of carbonyl (C=O) groups excluding carboxylic acids is 2. The Labute approximate surface area is 272 Å². The number of amides is 2. The Bertz CT molecular complexity index is 1480. The highest BCUT2D eigenvalue weighted by Gasteiger charge is 2.33. The van der Waals surface area contributed by atoms with Gasteiger partial charge in [0.05, 0.1) is 13.2 Å². The highest BCUT2D eigenvalue weighted by molar-refractivity contribution is 9.10. The van der Waals surface area contributed by atoms with E-state index in [-0.39, 0.29) is 18.1 Å². The van der Waals surface area contributed by atoms with Gasteiger partial charge in [0.2, 0.25) is 5.91 Å². The van der Waals surface area contributed by atoms with Gasteiger partial charge >= 0.3 is 6.09 Å². The Hall–Kier alpha value is -4.18. The van der Waals surface area contributed by atoms with Crippen LogP contribution in [0.25, 0.3) is 0 Å². The molecule has 0 radical (unpaired) electrons. The van der Waals surface area contributed by atoms with E-state index >= 15 is 0 Å². The topological polar surface area (TPSA) is 97.9 Å². The van der Waals surface area contributed by atoms with E-state index in [9.17, 15) is 9.59 Å². The molecule has 3 N–H and O–H groups in total. The van der Waals surface area contributed by atoms with E-state index in [0.717, 1.165) is 46.4 Å². The molecule has 1 aliphatic heterocycles. The molecular weight excluding hydrogens is 634 g/mol. The molecule has 45 heavy (non-hydrogen) atoms. The number of nitrogens with one attached hydrogen (secondary N) is 3. The zero-order chi connectivity index (χ0) is 31.4. The summed E-state index contributed by atoms with van der Waals surface area (Å²) in [7, 11) is 1.29. The molecule has 0 aromatic heterocycles. The predicted octanol–water partition coefficient (Wildman–Crippen LogP) is 6.31. The molecule has 1 heterocycles. The van der Waals surface area contributed by atoms with Gasteiger partial charge in [-0.2, -0.15) is 0 Å². The maximum Gasteiger partial charge on any atom is 0.407 e. The standard InChI is InChI=1S/C36H38BrN3O5/c1-43-36(42)40-34(33(26-11-4-2-5-12-26)27-13-6-3-7-14-27)35(41)39-32-15-9-8-10-25(32)16-19-30-22-38-23-31(45-30)24-44-29-20-17-28(37)18-21-29/h2-15,17-18,20-21,30-31,33-34,38H,16,19,22-24H2,1H3,(H,39,41)(H,40,42)/t30-,31+,34?/m1/s1. The molecule has 1 fully saturated rings. The van der Waals surface area contributed by atoms with Crippen LogP contribution < -0.4 is 20.7 Å². The highest BCUT2D eigenvalue weighted by Crippen LogP contribution is 2.30. The Morgan fingerprint density at radius 2 is 1.49 bits per heavy atom. The summed E-state index contributed by atoms with van der Waals surface area (Å²) in [6, 6.07) is 33.9. The van der Waals surface area contributed by atoms with E-state index in [1.54, 1.807) is 0 Å². The number of para-hydroxylation sites is 1. The van der Waals surface area contributed by atoms with Crippen molar-refractivity contribution >= 4 is 33.6 Å². The average Bonchev–Trinajstić information content (AvgIpc) is 3.08. The number of methoxy groups -OCH3 is 1. The van der Waals surface area contributed by atoms with E-state index in [0.29, 0.717) is 18.7 Å². The molecule has 0 saturated carbocycles. The number of anilines is 1. The molecule has 1 unspecified atom stereocenters. The van der Waals surface area contributed by atoms with Crippen molar-refractivity contribution in [2.75, 3.05) is 32.1 Å². The van der Waals surface area contributed by atoms with Crippen LogP contribution in [0.3, 0.4) is 0 Å². The first-order chi connectivity index (χ1) is 22.0. The van der Waals surface area contributed by atoms with Crippen molar-refractivity contribution in [2.45, 2.75) is 37.0 Å². The number of ether oxygens (including phenoxy) is 3. The quantitative estimate of drug-likeness (QED) is 0.163. The minimum absolute atomic E-state index is 0.00435. The lowest BCUT2D eigenvalue weighted by molar-refractivity contribution is -0.118. The second-order valence-corrected chi connectivity index (χ2v) is 11.8. The molecule has 9 heteroatoms. The lowest BCUT2D eigenvalue weighted by atomic mass is 9.84. The lowest BCUT2D eigenvalue weighted by Crippen LogP contribution is -2.48. The Morgan fingerprint density at radius 3 is 2.16 bits per heavy atom. The van der Waals surface area contributed by atoms with Crippen LogP contribution >= 0.6 is 15.9 Å². The third-order valence-corrected chi connectivity index (χ3v) is 8.31. The van der Waals surface area contributed by atoms with Crippen LogP contribution in [-0.4, -0.2) is 57.1 Å². The van der Waals surface area contributed by atoms with Crippen molar-refractivity contribution in [3.05, 3.63) is 130 Å². The van der Waals surface area contributed by atoms with Crippen LogP contribution in [0.4, 0.5) is 10.5 Å². The minimum atomic E-state index is -0.937. The Balaban J connectivity index is 1.27. The first-order valence-electron chi connectivity index (χ1n) is 15.1. The van der Waals surface area contributed by atoms with Crippen molar-refractivity contribution in [3.63, 3.8) is 0 Å². The summed E-state index contributed by atoms with van der Waals surface area (Å²) in [6.45, 7) is 1.92. The van der Waals surface area contributed by atoms with Crippen molar-refractivity contribution in [2.24, 2.45) is 0 Å². The number of hydrogen-bond donors (Lipinski definition) is 3. The molecule has 0 bridgehead atoms. The second kappa shape index (κ2) is 16.2. The normalized spacial score (nSPS) is 16.9. The van der Waals surface area contributed by atoms with E-state index in [1.165, 1.54) is 7.11 Å². The van der Waals surface area contributed by atoms with E-state index in [4.69, 9.17) is 14.2 Å². The molecular formula is C36H38BrN3O5. The fourth-order valence-corrected chi connectivity index (χ4v) is 5.80. The third kappa shape index (κ3) is 9.17.